The average Bonchev–Trinajstić information content (AvgIpc) is 2.14. The summed E-state index contributed by atoms with van der Waals surface area (Å²) in [6.07, 6.45) is -3.59. The monoisotopic (exact) mass is 217 g/mol. The molecule has 0 atom stereocenters. The van der Waals surface area contributed by atoms with Crippen LogP contribution in [0.3, 0.4) is 0 Å². The summed E-state index contributed by atoms with van der Waals surface area (Å²) >= 11 is 0. The van der Waals surface area contributed by atoms with Crippen LogP contribution in [0.4, 0.5) is 18.9 Å². The van der Waals surface area contributed by atoms with E-state index in [4.69, 9.17) is 0 Å². The molecule has 0 spiro atoms. The van der Waals surface area contributed by atoms with Crippen LogP contribution >= 0.6 is 0 Å². The minimum atomic E-state index is -4.41. The Morgan fingerprint density at radius 3 is 2.53 bits per heavy atom. The number of hydrogen-bond donors (Lipinski definition) is 0. The minimum absolute atomic E-state index is 0.0338. The first-order chi connectivity index (χ1) is 6.88. The molecule has 80 valence electrons. The highest BCUT2D eigenvalue weighted by molar-refractivity contribution is 5.53. The molecule has 0 aliphatic carbocycles. The van der Waals surface area contributed by atoms with Crippen LogP contribution in [0.5, 0.6) is 0 Å². The number of hydrogen-bond acceptors (Lipinski definition) is 2. The number of nitrogens with zero attached hydrogens (tertiary/aromatic N) is 1. The highest BCUT2D eigenvalue weighted by Crippen LogP contribution is 2.20. The van der Waals surface area contributed by atoms with Gasteiger partial charge in [-0.3, -0.25) is 10.1 Å². The molecule has 0 bridgehead atoms. The molecule has 0 saturated heterocycles. The van der Waals surface area contributed by atoms with Gasteiger partial charge in [0.05, 0.1) is 4.92 Å². The van der Waals surface area contributed by atoms with Gasteiger partial charge in [-0.25, -0.2) is 0 Å². The summed E-state index contributed by atoms with van der Waals surface area (Å²) in [6.45, 7) is 0. The van der Waals surface area contributed by atoms with E-state index in [0.29, 0.717) is 0 Å². The van der Waals surface area contributed by atoms with Crippen molar-refractivity contribution in [1.82, 2.24) is 0 Å². The van der Waals surface area contributed by atoms with Crippen molar-refractivity contribution in [2.75, 3.05) is 0 Å². The molecule has 0 N–H and O–H groups in total. The Hall–Kier alpha value is -1.85. The second-order valence-corrected chi connectivity index (χ2v) is 2.73. The summed E-state index contributed by atoms with van der Waals surface area (Å²) < 4.78 is 35.3. The third kappa shape index (κ3) is 3.80. The van der Waals surface area contributed by atoms with Crippen molar-refractivity contribution < 1.29 is 18.1 Å². The molecule has 0 heterocycles. The number of halogens is 3. The highest BCUT2D eigenvalue weighted by Gasteiger charge is 2.21. The second-order valence-electron chi connectivity index (χ2n) is 2.73. The lowest BCUT2D eigenvalue weighted by molar-refractivity contribution is -0.384. The van der Waals surface area contributed by atoms with Gasteiger partial charge in [-0.05, 0) is 11.6 Å². The zero-order chi connectivity index (χ0) is 11.5. The topological polar surface area (TPSA) is 43.1 Å². The maximum Gasteiger partial charge on any atom is 0.409 e. The van der Waals surface area contributed by atoms with Gasteiger partial charge in [-0.1, -0.05) is 12.1 Å². The summed E-state index contributed by atoms with van der Waals surface area (Å²) in [5, 5.41) is 10.3. The molecular weight excluding hydrogens is 211 g/mol. The van der Waals surface area contributed by atoms with Crippen LogP contribution in [0.25, 0.3) is 6.08 Å². The van der Waals surface area contributed by atoms with Crippen molar-refractivity contribution in [3.63, 3.8) is 0 Å². The largest absolute Gasteiger partial charge is 0.409 e. The van der Waals surface area contributed by atoms with Crippen LogP contribution in [0.1, 0.15) is 5.56 Å². The molecule has 1 aromatic rings. The molecule has 0 aliphatic rings. The Kier molecular flexibility index (Phi) is 3.08. The van der Waals surface area contributed by atoms with E-state index in [2.05, 4.69) is 0 Å². The van der Waals surface area contributed by atoms with E-state index in [1.807, 2.05) is 0 Å². The zero-order valence-corrected chi connectivity index (χ0v) is 7.36. The van der Waals surface area contributed by atoms with Gasteiger partial charge in [-0.2, -0.15) is 13.2 Å². The summed E-state index contributed by atoms with van der Waals surface area (Å²) in [6, 6.07) is 4.97. The summed E-state index contributed by atoms with van der Waals surface area (Å²) in [7, 11) is 0. The van der Waals surface area contributed by atoms with Gasteiger partial charge in [0.1, 0.15) is 0 Å². The van der Waals surface area contributed by atoms with E-state index in [0.717, 1.165) is 12.1 Å². The lowest BCUT2D eigenvalue weighted by Crippen LogP contribution is -2.00. The van der Waals surface area contributed by atoms with Crippen molar-refractivity contribution in [2.45, 2.75) is 6.18 Å². The van der Waals surface area contributed by atoms with Crippen molar-refractivity contribution >= 4 is 11.8 Å². The van der Waals surface area contributed by atoms with Crippen molar-refractivity contribution in [1.29, 1.82) is 0 Å². The molecule has 0 amide bonds. The van der Waals surface area contributed by atoms with Gasteiger partial charge in [0, 0.05) is 18.2 Å². The van der Waals surface area contributed by atoms with Crippen LogP contribution in [-0.2, 0) is 0 Å². The van der Waals surface area contributed by atoms with Gasteiger partial charge in [-0.15, -0.1) is 0 Å². The predicted octanol–water partition coefficient (Wildman–Crippen LogP) is 3.17. The van der Waals surface area contributed by atoms with Crippen LogP contribution in [-0.4, -0.2) is 11.1 Å². The van der Waals surface area contributed by atoms with Crippen molar-refractivity contribution in [2.24, 2.45) is 0 Å². The number of nitro groups is 1. The van der Waals surface area contributed by atoms with E-state index in [-0.39, 0.29) is 17.3 Å². The van der Waals surface area contributed by atoms with E-state index in [1.54, 1.807) is 0 Å². The fraction of sp³-hybridized carbons (Fsp3) is 0.111. The summed E-state index contributed by atoms with van der Waals surface area (Å²) in [5.74, 6) is 0. The summed E-state index contributed by atoms with van der Waals surface area (Å²) in [4.78, 5) is 9.65. The van der Waals surface area contributed by atoms with E-state index >= 15 is 0 Å². The summed E-state index contributed by atoms with van der Waals surface area (Å²) in [5.41, 5.74) is -0.0964. The molecule has 0 unspecified atom stereocenters. The first-order valence-corrected chi connectivity index (χ1v) is 3.89. The van der Waals surface area contributed by atoms with Crippen molar-refractivity contribution in [3.05, 3.63) is 46.0 Å². The number of non-ortho nitro benzene ring substituents is 1. The predicted molar refractivity (Wildman–Crippen MR) is 48.2 cm³/mol. The van der Waals surface area contributed by atoms with E-state index in [1.165, 1.54) is 18.2 Å². The first-order valence-electron chi connectivity index (χ1n) is 3.89. The third-order valence-corrected chi connectivity index (χ3v) is 1.55. The van der Waals surface area contributed by atoms with Gasteiger partial charge < -0.3 is 0 Å². The lowest BCUT2D eigenvalue weighted by atomic mass is 10.2. The zero-order valence-electron chi connectivity index (χ0n) is 7.36. The fourth-order valence-electron chi connectivity index (χ4n) is 0.933. The lowest BCUT2D eigenvalue weighted by Gasteiger charge is -1.97. The molecule has 0 saturated carbocycles. The quantitative estimate of drug-likeness (QED) is 0.564. The molecule has 0 radical (unpaired) electrons. The van der Waals surface area contributed by atoms with Gasteiger partial charge in [0.25, 0.3) is 5.69 Å². The third-order valence-electron chi connectivity index (χ3n) is 1.55. The van der Waals surface area contributed by atoms with Crippen LogP contribution in [0.15, 0.2) is 30.3 Å². The molecule has 0 fully saturated rings. The Labute approximate surface area is 83.0 Å². The van der Waals surface area contributed by atoms with Crippen LogP contribution < -0.4 is 0 Å². The van der Waals surface area contributed by atoms with E-state index in [9.17, 15) is 23.3 Å². The Bertz CT molecular complexity index is 399. The van der Waals surface area contributed by atoms with Gasteiger partial charge in [0.15, 0.2) is 0 Å². The average molecular weight is 217 g/mol. The second kappa shape index (κ2) is 4.12. The first kappa shape index (κ1) is 11.2. The normalized spacial score (nSPS) is 11.9. The minimum Gasteiger partial charge on any atom is -0.258 e. The Morgan fingerprint density at radius 2 is 2.00 bits per heavy atom. The molecule has 1 rings (SSSR count). The molecule has 0 aliphatic heterocycles. The number of nitro benzene ring substituents is 1. The molecule has 3 nitrogen and oxygen atoms in total. The molecule has 0 aromatic heterocycles. The number of rotatable bonds is 2. The maximum atomic E-state index is 11.8. The number of alkyl halides is 3. The highest BCUT2D eigenvalue weighted by atomic mass is 19.4. The standard InChI is InChI=1S/C9H6F3NO2/c10-9(11,12)5-4-7-2-1-3-8(6-7)13(14)15/h1-6H. The number of benzene rings is 1. The smallest absolute Gasteiger partial charge is 0.258 e. The van der Waals surface area contributed by atoms with Gasteiger partial charge >= 0.3 is 6.18 Å². The number of allylic oxidation sites excluding steroid dienone is 1. The Balaban J connectivity index is 2.92. The molecule has 6 heteroatoms. The maximum absolute atomic E-state index is 11.8. The van der Waals surface area contributed by atoms with Gasteiger partial charge in [0.2, 0.25) is 0 Å². The molecule has 1 aromatic carbocycles. The fourth-order valence-corrected chi connectivity index (χ4v) is 0.933. The van der Waals surface area contributed by atoms with Crippen LogP contribution in [0, 0.1) is 10.1 Å². The van der Waals surface area contributed by atoms with Crippen molar-refractivity contribution in [3.8, 4) is 0 Å². The molecule has 15 heavy (non-hydrogen) atoms. The molecular formula is C9H6F3NO2. The van der Waals surface area contributed by atoms with Crippen LogP contribution in [0.2, 0.25) is 0 Å². The van der Waals surface area contributed by atoms with E-state index < -0.39 is 11.1 Å². The Morgan fingerprint density at radius 1 is 1.33 bits per heavy atom. The SMILES string of the molecule is O=[N+]([O-])c1cccc(C=CC(F)(F)F)c1.